The van der Waals surface area contributed by atoms with E-state index in [1.54, 1.807) is 18.2 Å². The lowest BCUT2D eigenvalue weighted by molar-refractivity contribution is -0.114. The highest BCUT2D eigenvalue weighted by Crippen LogP contribution is 2.35. The van der Waals surface area contributed by atoms with Crippen LogP contribution in [-0.2, 0) is 14.8 Å². The average molecular weight is 435 g/mol. The van der Waals surface area contributed by atoms with Crippen molar-refractivity contribution < 1.29 is 22.3 Å². The summed E-state index contributed by atoms with van der Waals surface area (Å²) < 4.78 is 44.6. The molecular weight excluding hydrogens is 419 g/mol. The molecule has 0 unspecified atom stereocenters. The number of sulfonamides is 1. The topological polar surface area (TPSA) is 98.5 Å². The van der Waals surface area contributed by atoms with Gasteiger partial charge in [-0.3, -0.25) is 4.79 Å². The average Bonchev–Trinajstić information content (AvgIpc) is 2.63. The molecule has 0 bridgehead atoms. The fourth-order valence-corrected chi connectivity index (χ4v) is 3.54. The molecule has 0 fully saturated rings. The number of hydrogen-bond donors (Lipinski definition) is 2. The molecule has 0 aliphatic rings. The van der Waals surface area contributed by atoms with E-state index in [4.69, 9.17) is 21.5 Å². The molecule has 3 aromatic carbocycles. The van der Waals surface area contributed by atoms with Crippen molar-refractivity contribution in [2.75, 3.05) is 5.32 Å². The van der Waals surface area contributed by atoms with Gasteiger partial charge in [0.05, 0.1) is 5.69 Å². The van der Waals surface area contributed by atoms with Gasteiger partial charge in [-0.25, -0.2) is 17.9 Å². The lowest BCUT2D eigenvalue weighted by Gasteiger charge is -2.13. The summed E-state index contributed by atoms with van der Waals surface area (Å²) in [6.07, 6.45) is 0. The number of nitrogens with one attached hydrogen (secondary N) is 1. The Balaban J connectivity index is 2.09. The molecule has 29 heavy (non-hydrogen) atoms. The van der Waals surface area contributed by atoms with Crippen LogP contribution in [0.2, 0.25) is 5.02 Å². The summed E-state index contributed by atoms with van der Waals surface area (Å²) in [6, 6.07) is 14.9. The Kier molecular flexibility index (Phi) is 5.88. The van der Waals surface area contributed by atoms with Crippen molar-refractivity contribution in [1.29, 1.82) is 0 Å². The van der Waals surface area contributed by atoms with Gasteiger partial charge in [0.25, 0.3) is 0 Å². The van der Waals surface area contributed by atoms with Gasteiger partial charge in [0.2, 0.25) is 15.9 Å². The molecule has 0 aliphatic carbocycles. The van der Waals surface area contributed by atoms with Crippen LogP contribution in [0.15, 0.2) is 65.6 Å². The first kappa shape index (κ1) is 20.8. The monoisotopic (exact) mass is 434 g/mol. The fourth-order valence-electron chi connectivity index (χ4n) is 2.68. The van der Waals surface area contributed by atoms with Gasteiger partial charge in [-0.15, -0.1) is 0 Å². The van der Waals surface area contributed by atoms with E-state index in [0.29, 0.717) is 10.8 Å². The van der Waals surface area contributed by atoms with E-state index in [1.807, 2.05) is 0 Å². The van der Waals surface area contributed by atoms with Crippen molar-refractivity contribution in [3.63, 3.8) is 0 Å². The summed E-state index contributed by atoms with van der Waals surface area (Å²) in [4.78, 5) is 10.9. The number of amides is 1. The maximum absolute atomic E-state index is 14.8. The lowest BCUT2D eigenvalue weighted by atomic mass is 10.0. The second-order valence-electron chi connectivity index (χ2n) is 6.11. The molecule has 9 heteroatoms. The number of benzene rings is 3. The van der Waals surface area contributed by atoms with Gasteiger partial charge >= 0.3 is 0 Å². The highest BCUT2D eigenvalue weighted by molar-refractivity contribution is 7.89. The highest BCUT2D eigenvalue weighted by atomic mass is 35.5. The Morgan fingerprint density at radius 3 is 2.48 bits per heavy atom. The number of anilines is 1. The fraction of sp³-hybridized carbons (Fsp3) is 0.0500. The van der Waals surface area contributed by atoms with Crippen LogP contribution in [0.3, 0.4) is 0 Å². The molecule has 1 amide bonds. The van der Waals surface area contributed by atoms with E-state index >= 15 is 0 Å². The molecule has 0 heterocycles. The summed E-state index contributed by atoms with van der Waals surface area (Å²) >= 11 is 5.92. The summed E-state index contributed by atoms with van der Waals surface area (Å²) in [5, 5.41) is 8.13. The van der Waals surface area contributed by atoms with Gasteiger partial charge < -0.3 is 10.1 Å². The number of hydrogen-bond acceptors (Lipinski definition) is 4. The molecule has 0 aromatic heterocycles. The van der Waals surface area contributed by atoms with Crippen LogP contribution in [0.5, 0.6) is 11.5 Å². The third-order valence-corrected chi connectivity index (χ3v) is 5.06. The zero-order valence-electron chi connectivity index (χ0n) is 15.1. The molecule has 0 radical (unpaired) electrons. The Morgan fingerprint density at radius 1 is 1.10 bits per heavy atom. The van der Waals surface area contributed by atoms with Crippen LogP contribution >= 0.6 is 11.6 Å². The summed E-state index contributed by atoms with van der Waals surface area (Å²) in [6.45, 7) is 1.26. The van der Waals surface area contributed by atoms with Crippen LogP contribution in [-0.4, -0.2) is 14.3 Å². The van der Waals surface area contributed by atoms with Crippen LogP contribution < -0.4 is 15.2 Å². The molecule has 0 saturated carbocycles. The predicted molar refractivity (Wildman–Crippen MR) is 109 cm³/mol. The van der Waals surface area contributed by atoms with Gasteiger partial charge in [-0.05, 0) is 42.0 Å². The molecule has 3 rings (SSSR count). The second kappa shape index (κ2) is 8.20. The van der Waals surface area contributed by atoms with E-state index in [2.05, 4.69) is 5.32 Å². The lowest BCUT2D eigenvalue weighted by Crippen LogP contribution is -2.13. The zero-order valence-corrected chi connectivity index (χ0v) is 16.7. The first-order chi connectivity index (χ1) is 13.6. The standard InChI is InChI=1S/C20H16ClFN2O4S/c1-12(25)24-17-7-3-6-16(20(17)22)13-8-9-18(19(10-13)29(23,26)27)28-15-5-2-4-14(21)11-15/h2-11H,1H3,(H,24,25)(H2,23,26,27). The van der Waals surface area contributed by atoms with E-state index in [0.717, 1.165) is 0 Å². The van der Waals surface area contributed by atoms with E-state index < -0.39 is 21.7 Å². The Morgan fingerprint density at radius 2 is 1.83 bits per heavy atom. The van der Waals surface area contributed by atoms with Gasteiger partial charge in [0.1, 0.15) is 16.4 Å². The SMILES string of the molecule is CC(=O)Nc1cccc(-c2ccc(Oc3cccc(Cl)c3)c(S(N)(=O)=O)c2)c1F. The Labute approximate surface area is 172 Å². The largest absolute Gasteiger partial charge is 0.456 e. The molecule has 0 atom stereocenters. The molecule has 150 valence electrons. The second-order valence-corrected chi connectivity index (χ2v) is 8.08. The summed E-state index contributed by atoms with van der Waals surface area (Å²) in [5.41, 5.74) is 0.319. The number of ether oxygens (including phenoxy) is 1. The van der Waals surface area contributed by atoms with Crippen molar-refractivity contribution >= 4 is 33.2 Å². The Bertz CT molecular complexity index is 1200. The summed E-state index contributed by atoms with van der Waals surface area (Å²) in [7, 11) is -4.19. The molecule has 3 aromatic rings. The van der Waals surface area contributed by atoms with Crippen molar-refractivity contribution in [3.8, 4) is 22.6 Å². The molecule has 3 N–H and O–H groups in total. The minimum atomic E-state index is -4.19. The number of carbonyl (C=O) groups is 1. The zero-order chi connectivity index (χ0) is 21.2. The van der Waals surface area contributed by atoms with Crippen molar-refractivity contribution in [2.24, 2.45) is 5.14 Å². The minimum absolute atomic E-state index is 0.0218. The van der Waals surface area contributed by atoms with Crippen molar-refractivity contribution in [2.45, 2.75) is 11.8 Å². The van der Waals surface area contributed by atoms with Crippen LogP contribution in [0.1, 0.15) is 6.92 Å². The number of rotatable bonds is 5. The number of primary sulfonamides is 1. The molecule has 0 saturated heterocycles. The van der Waals surface area contributed by atoms with E-state index in [1.165, 1.54) is 49.4 Å². The number of nitrogens with two attached hydrogens (primary N) is 1. The third-order valence-electron chi connectivity index (χ3n) is 3.89. The Hall–Kier alpha value is -2.94. The molecule has 6 nitrogen and oxygen atoms in total. The van der Waals surface area contributed by atoms with Crippen molar-refractivity contribution in [3.05, 3.63) is 71.5 Å². The third kappa shape index (κ3) is 4.92. The van der Waals surface area contributed by atoms with Crippen LogP contribution in [0.4, 0.5) is 10.1 Å². The van der Waals surface area contributed by atoms with Gasteiger partial charge in [0, 0.05) is 17.5 Å². The van der Waals surface area contributed by atoms with Crippen LogP contribution in [0, 0.1) is 5.82 Å². The normalized spacial score (nSPS) is 11.2. The predicted octanol–water partition coefficient (Wildman–Crippen LogP) is 4.54. The first-order valence-electron chi connectivity index (χ1n) is 8.32. The number of carbonyl (C=O) groups excluding carboxylic acids is 1. The quantitative estimate of drug-likeness (QED) is 0.615. The van der Waals surface area contributed by atoms with E-state index in [9.17, 15) is 17.6 Å². The van der Waals surface area contributed by atoms with Gasteiger partial charge in [-0.1, -0.05) is 35.9 Å². The van der Waals surface area contributed by atoms with Crippen molar-refractivity contribution in [1.82, 2.24) is 0 Å². The first-order valence-corrected chi connectivity index (χ1v) is 10.2. The minimum Gasteiger partial charge on any atom is -0.456 e. The maximum atomic E-state index is 14.8. The van der Waals surface area contributed by atoms with Gasteiger partial charge in [-0.2, -0.15) is 0 Å². The van der Waals surface area contributed by atoms with Crippen LogP contribution in [0.25, 0.3) is 11.1 Å². The molecule has 0 spiro atoms. The number of halogens is 2. The maximum Gasteiger partial charge on any atom is 0.241 e. The highest BCUT2D eigenvalue weighted by Gasteiger charge is 2.19. The summed E-state index contributed by atoms with van der Waals surface area (Å²) in [5.74, 6) is -0.853. The smallest absolute Gasteiger partial charge is 0.241 e. The van der Waals surface area contributed by atoms with E-state index in [-0.39, 0.29) is 27.5 Å². The van der Waals surface area contributed by atoms with Gasteiger partial charge in [0.15, 0.2) is 5.82 Å². The molecular formula is C20H16ClFN2O4S. The molecule has 0 aliphatic heterocycles.